The van der Waals surface area contributed by atoms with Gasteiger partial charge in [0, 0.05) is 47.5 Å². The SMILES string of the molecule is CC(O)c1nccn1Cc1cc(-c2ccc(C#CC#Cc3cccnc3)cc2)on1. The summed E-state index contributed by atoms with van der Waals surface area (Å²) in [6.07, 6.45) is 6.23. The molecule has 6 heteroatoms. The zero-order chi connectivity index (χ0) is 20.8. The van der Waals surface area contributed by atoms with Crippen LogP contribution in [0.1, 0.15) is 35.7 Å². The highest BCUT2D eigenvalue weighted by Gasteiger charge is 2.12. The minimum absolute atomic E-state index is 0.475. The fourth-order valence-corrected chi connectivity index (χ4v) is 2.88. The highest BCUT2D eigenvalue weighted by Crippen LogP contribution is 2.22. The average molecular weight is 394 g/mol. The average Bonchev–Trinajstić information content (AvgIpc) is 3.43. The second-order valence-corrected chi connectivity index (χ2v) is 6.59. The van der Waals surface area contributed by atoms with Gasteiger partial charge in [0.25, 0.3) is 0 Å². The van der Waals surface area contributed by atoms with Crippen LogP contribution in [0.15, 0.2) is 71.8 Å². The Kier molecular flexibility index (Phi) is 5.70. The highest BCUT2D eigenvalue weighted by molar-refractivity contribution is 5.59. The molecule has 0 bridgehead atoms. The monoisotopic (exact) mass is 394 g/mol. The van der Waals surface area contributed by atoms with E-state index in [0.717, 1.165) is 22.4 Å². The maximum atomic E-state index is 9.77. The van der Waals surface area contributed by atoms with E-state index in [9.17, 15) is 5.11 Å². The molecule has 4 aromatic rings. The maximum Gasteiger partial charge on any atom is 0.167 e. The maximum absolute atomic E-state index is 9.77. The summed E-state index contributed by atoms with van der Waals surface area (Å²) >= 11 is 0. The number of rotatable bonds is 4. The predicted octanol–water partition coefficient (Wildman–Crippen LogP) is 3.44. The van der Waals surface area contributed by atoms with E-state index in [0.29, 0.717) is 18.1 Å². The molecule has 0 saturated carbocycles. The molecular formula is C24H18N4O2. The number of benzene rings is 1. The van der Waals surface area contributed by atoms with Crippen molar-refractivity contribution in [1.82, 2.24) is 19.7 Å². The van der Waals surface area contributed by atoms with E-state index >= 15 is 0 Å². The molecule has 0 aliphatic heterocycles. The summed E-state index contributed by atoms with van der Waals surface area (Å²) in [4.78, 5) is 8.18. The van der Waals surface area contributed by atoms with E-state index in [4.69, 9.17) is 4.52 Å². The van der Waals surface area contributed by atoms with Crippen LogP contribution < -0.4 is 0 Å². The lowest BCUT2D eigenvalue weighted by Crippen LogP contribution is -2.07. The lowest BCUT2D eigenvalue weighted by atomic mass is 10.1. The summed E-state index contributed by atoms with van der Waals surface area (Å²) < 4.78 is 7.32. The number of aliphatic hydroxyl groups is 1. The second-order valence-electron chi connectivity index (χ2n) is 6.59. The van der Waals surface area contributed by atoms with E-state index < -0.39 is 6.10 Å². The Morgan fingerprint density at radius 2 is 1.87 bits per heavy atom. The van der Waals surface area contributed by atoms with Crippen molar-refractivity contribution in [1.29, 1.82) is 0 Å². The van der Waals surface area contributed by atoms with Gasteiger partial charge in [-0.15, -0.1) is 0 Å². The molecule has 30 heavy (non-hydrogen) atoms. The second kappa shape index (κ2) is 8.91. The van der Waals surface area contributed by atoms with Gasteiger partial charge in [-0.3, -0.25) is 4.98 Å². The summed E-state index contributed by atoms with van der Waals surface area (Å²) in [6, 6.07) is 13.3. The van der Waals surface area contributed by atoms with Gasteiger partial charge in [-0.05, 0) is 55.2 Å². The van der Waals surface area contributed by atoms with E-state index in [1.165, 1.54) is 0 Å². The van der Waals surface area contributed by atoms with Crippen LogP contribution in [0, 0.1) is 23.7 Å². The fraction of sp³-hybridized carbons (Fsp3) is 0.125. The largest absolute Gasteiger partial charge is 0.385 e. The molecule has 0 saturated heterocycles. The first-order valence-electron chi connectivity index (χ1n) is 9.36. The molecule has 4 rings (SSSR count). The van der Waals surface area contributed by atoms with Crippen molar-refractivity contribution in [3.8, 4) is 35.0 Å². The third-order valence-electron chi connectivity index (χ3n) is 4.32. The third kappa shape index (κ3) is 4.64. The van der Waals surface area contributed by atoms with Crippen molar-refractivity contribution >= 4 is 0 Å². The molecular weight excluding hydrogens is 376 g/mol. The van der Waals surface area contributed by atoms with E-state index in [1.54, 1.807) is 31.7 Å². The van der Waals surface area contributed by atoms with Gasteiger partial charge in [-0.25, -0.2) is 4.98 Å². The molecule has 0 spiro atoms. The third-order valence-corrected chi connectivity index (χ3v) is 4.32. The lowest BCUT2D eigenvalue weighted by Gasteiger charge is -2.07. The highest BCUT2D eigenvalue weighted by atomic mass is 16.5. The summed E-state index contributed by atoms with van der Waals surface area (Å²) in [5.41, 5.74) is 3.35. The topological polar surface area (TPSA) is 77.0 Å². The van der Waals surface area contributed by atoms with Crippen LogP contribution in [0.5, 0.6) is 0 Å². The zero-order valence-electron chi connectivity index (χ0n) is 16.3. The van der Waals surface area contributed by atoms with Gasteiger partial charge >= 0.3 is 0 Å². The number of aliphatic hydroxyl groups excluding tert-OH is 1. The number of aromatic nitrogens is 4. The molecule has 146 valence electrons. The fourth-order valence-electron chi connectivity index (χ4n) is 2.88. The van der Waals surface area contributed by atoms with Crippen LogP contribution in [-0.2, 0) is 6.54 Å². The van der Waals surface area contributed by atoms with Crippen molar-refractivity contribution in [2.24, 2.45) is 0 Å². The minimum Gasteiger partial charge on any atom is -0.385 e. The van der Waals surface area contributed by atoms with Crippen LogP contribution in [0.25, 0.3) is 11.3 Å². The van der Waals surface area contributed by atoms with Crippen LogP contribution in [0.3, 0.4) is 0 Å². The number of pyridine rings is 1. The molecule has 1 aromatic carbocycles. The Balaban J connectivity index is 1.43. The predicted molar refractivity (Wildman–Crippen MR) is 112 cm³/mol. The van der Waals surface area contributed by atoms with Crippen molar-refractivity contribution in [2.45, 2.75) is 19.6 Å². The molecule has 0 amide bonds. The Hall–Kier alpha value is -4.13. The Morgan fingerprint density at radius 3 is 2.60 bits per heavy atom. The van der Waals surface area contributed by atoms with Crippen molar-refractivity contribution < 1.29 is 9.63 Å². The van der Waals surface area contributed by atoms with E-state index in [1.807, 2.05) is 47.0 Å². The smallest absolute Gasteiger partial charge is 0.167 e. The van der Waals surface area contributed by atoms with Crippen LogP contribution in [0.2, 0.25) is 0 Å². The van der Waals surface area contributed by atoms with E-state index in [2.05, 4.69) is 38.8 Å². The first kappa shape index (κ1) is 19.2. The summed E-state index contributed by atoms with van der Waals surface area (Å²) in [6.45, 7) is 2.16. The summed E-state index contributed by atoms with van der Waals surface area (Å²) in [5, 5.41) is 13.9. The van der Waals surface area contributed by atoms with Crippen LogP contribution in [0.4, 0.5) is 0 Å². The molecule has 3 aromatic heterocycles. The molecule has 6 nitrogen and oxygen atoms in total. The zero-order valence-corrected chi connectivity index (χ0v) is 16.3. The molecule has 3 heterocycles. The van der Waals surface area contributed by atoms with E-state index in [-0.39, 0.29) is 0 Å². The molecule has 0 radical (unpaired) electrons. The number of imidazole rings is 1. The number of nitrogens with zero attached hydrogens (tertiary/aromatic N) is 4. The van der Waals surface area contributed by atoms with Gasteiger partial charge in [0.05, 0.1) is 6.54 Å². The normalized spacial score (nSPS) is 11.1. The Bertz CT molecular complexity index is 1250. The minimum atomic E-state index is -0.644. The molecule has 0 aliphatic rings. The van der Waals surface area contributed by atoms with Gasteiger partial charge in [0.1, 0.15) is 17.6 Å². The molecule has 1 atom stereocenters. The number of hydrogen-bond acceptors (Lipinski definition) is 5. The Morgan fingerprint density at radius 1 is 1.07 bits per heavy atom. The molecule has 0 aliphatic carbocycles. The van der Waals surface area contributed by atoms with Crippen LogP contribution >= 0.6 is 0 Å². The van der Waals surface area contributed by atoms with Gasteiger partial charge in [-0.2, -0.15) is 0 Å². The van der Waals surface area contributed by atoms with Gasteiger partial charge in [0.2, 0.25) is 0 Å². The summed E-state index contributed by atoms with van der Waals surface area (Å²) in [7, 11) is 0. The van der Waals surface area contributed by atoms with Crippen LogP contribution in [-0.4, -0.2) is 24.8 Å². The lowest BCUT2D eigenvalue weighted by molar-refractivity contribution is 0.184. The molecule has 1 N–H and O–H groups in total. The summed E-state index contributed by atoms with van der Waals surface area (Å²) in [5.74, 6) is 12.9. The van der Waals surface area contributed by atoms with Crippen molar-refractivity contribution in [2.75, 3.05) is 0 Å². The van der Waals surface area contributed by atoms with Gasteiger partial charge in [0.15, 0.2) is 5.76 Å². The van der Waals surface area contributed by atoms with Crippen molar-refractivity contribution in [3.05, 3.63) is 89.9 Å². The number of hydrogen-bond donors (Lipinski definition) is 1. The standard InChI is InChI=1S/C24H18N4O2/c1-18(29)24-26-13-14-28(24)17-22-15-23(30-27-22)21-10-8-19(9-11-21)5-2-3-6-20-7-4-12-25-16-20/h4,7-16,18,29H,17H2,1H3. The molecule has 0 fully saturated rings. The quantitative estimate of drug-likeness (QED) is 0.537. The van der Waals surface area contributed by atoms with Gasteiger partial charge in [-0.1, -0.05) is 17.0 Å². The van der Waals surface area contributed by atoms with Crippen molar-refractivity contribution in [3.63, 3.8) is 0 Å². The first-order valence-corrected chi connectivity index (χ1v) is 9.36. The van der Waals surface area contributed by atoms with Gasteiger partial charge < -0.3 is 14.2 Å². The Labute approximate surface area is 174 Å². The first-order chi connectivity index (χ1) is 14.7. The molecule has 1 unspecified atom stereocenters.